The van der Waals surface area contributed by atoms with Crippen LogP contribution in [0.25, 0.3) is 11.1 Å². The summed E-state index contributed by atoms with van der Waals surface area (Å²) in [6, 6.07) is 6.57. The van der Waals surface area contributed by atoms with Crippen molar-refractivity contribution in [1.29, 1.82) is 0 Å². The van der Waals surface area contributed by atoms with Crippen molar-refractivity contribution in [3.05, 3.63) is 35.0 Å². The van der Waals surface area contributed by atoms with Gasteiger partial charge < -0.3 is 5.73 Å². The predicted molar refractivity (Wildman–Crippen MR) is 83.6 cm³/mol. The standard InChI is InChI=1S/C17H23N3/c1-11-7-8-14(9-12(11)2)16-15(10-13-5-4-6-13)19-20(3)17(16)18/h7-9,13H,4-6,10,18H2,1-3H3. The van der Waals surface area contributed by atoms with E-state index in [-0.39, 0.29) is 0 Å². The van der Waals surface area contributed by atoms with Crippen LogP contribution in [-0.4, -0.2) is 9.78 Å². The van der Waals surface area contributed by atoms with Crippen molar-refractivity contribution < 1.29 is 0 Å². The van der Waals surface area contributed by atoms with Crippen molar-refractivity contribution in [2.75, 3.05) is 5.73 Å². The lowest BCUT2D eigenvalue weighted by Gasteiger charge is -2.24. The van der Waals surface area contributed by atoms with Gasteiger partial charge in [-0.15, -0.1) is 0 Å². The lowest BCUT2D eigenvalue weighted by Crippen LogP contribution is -2.14. The van der Waals surface area contributed by atoms with Crippen molar-refractivity contribution in [2.24, 2.45) is 13.0 Å². The van der Waals surface area contributed by atoms with E-state index in [9.17, 15) is 0 Å². The van der Waals surface area contributed by atoms with E-state index < -0.39 is 0 Å². The fraction of sp³-hybridized carbons (Fsp3) is 0.471. The Morgan fingerprint density at radius 1 is 1.25 bits per heavy atom. The van der Waals surface area contributed by atoms with Crippen LogP contribution in [0.3, 0.4) is 0 Å². The summed E-state index contributed by atoms with van der Waals surface area (Å²) in [4.78, 5) is 0. The lowest BCUT2D eigenvalue weighted by molar-refractivity contribution is 0.311. The molecule has 0 bridgehead atoms. The zero-order chi connectivity index (χ0) is 14.3. The van der Waals surface area contributed by atoms with Gasteiger partial charge >= 0.3 is 0 Å². The summed E-state index contributed by atoms with van der Waals surface area (Å²) in [7, 11) is 1.93. The number of aromatic nitrogens is 2. The molecule has 1 saturated carbocycles. The van der Waals surface area contributed by atoms with Crippen molar-refractivity contribution in [3.63, 3.8) is 0 Å². The third-order valence-electron chi connectivity index (χ3n) is 4.67. The number of nitrogens with zero attached hydrogens (tertiary/aromatic N) is 2. The third kappa shape index (κ3) is 2.21. The molecule has 0 spiro atoms. The van der Waals surface area contributed by atoms with Crippen LogP contribution in [0, 0.1) is 19.8 Å². The largest absolute Gasteiger partial charge is 0.383 e. The molecule has 1 aromatic carbocycles. The van der Waals surface area contributed by atoms with Gasteiger partial charge in [0, 0.05) is 12.6 Å². The second-order valence-corrected chi connectivity index (χ2v) is 6.13. The van der Waals surface area contributed by atoms with Crippen LogP contribution < -0.4 is 5.73 Å². The van der Waals surface area contributed by atoms with Gasteiger partial charge in [-0.3, -0.25) is 4.68 Å². The molecule has 1 heterocycles. The first-order chi connectivity index (χ1) is 9.56. The average Bonchev–Trinajstić information content (AvgIpc) is 2.64. The summed E-state index contributed by atoms with van der Waals surface area (Å²) >= 11 is 0. The highest BCUT2D eigenvalue weighted by atomic mass is 15.3. The molecule has 1 aliphatic rings. The Hall–Kier alpha value is -1.77. The van der Waals surface area contributed by atoms with E-state index in [0.717, 1.165) is 29.4 Å². The van der Waals surface area contributed by atoms with Gasteiger partial charge in [0.15, 0.2) is 0 Å². The van der Waals surface area contributed by atoms with E-state index in [0.29, 0.717) is 0 Å². The van der Waals surface area contributed by atoms with Crippen LogP contribution in [-0.2, 0) is 13.5 Å². The number of hydrogen-bond acceptors (Lipinski definition) is 2. The maximum absolute atomic E-state index is 6.26. The Kier molecular flexibility index (Phi) is 3.28. The van der Waals surface area contributed by atoms with E-state index in [1.165, 1.54) is 36.0 Å². The average molecular weight is 269 g/mol. The summed E-state index contributed by atoms with van der Waals surface area (Å²) in [5.74, 6) is 1.58. The van der Waals surface area contributed by atoms with Crippen LogP contribution in [0.15, 0.2) is 18.2 Å². The van der Waals surface area contributed by atoms with Crippen LogP contribution in [0.2, 0.25) is 0 Å². The number of anilines is 1. The number of aryl methyl sites for hydroxylation is 3. The minimum atomic E-state index is 0.780. The van der Waals surface area contributed by atoms with Crippen LogP contribution in [0.5, 0.6) is 0 Å². The molecule has 106 valence electrons. The minimum absolute atomic E-state index is 0.780. The van der Waals surface area contributed by atoms with E-state index in [1.54, 1.807) is 0 Å². The Bertz CT molecular complexity index is 636. The molecular weight excluding hydrogens is 246 g/mol. The molecule has 1 aliphatic carbocycles. The quantitative estimate of drug-likeness (QED) is 0.924. The number of benzene rings is 1. The molecule has 20 heavy (non-hydrogen) atoms. The van der Waals surface area contributed by atoms with Gasteiger partial charge in [-0.1, -0.05) is 37.5 Å². The van der Waals surface area contributed by atoms with Crippen LogP contribution >= 0.6 is 0 Å². The molecule has 0 amide bonds. The highest BCUT2D eigenvalue weighted by molar-refractivity contribution is 5.77. The van der Waals surface area contributed by atoms with Gasteiger partial charge in [0.2, 0.25) is 0 Å². The lowest BCUT2D eigenvalue weighted by atomic mass is 9.81. The second kappa shape index (κ2) is 4.97. The van der Waals surface area contributed by atoms with E-state index >= 15 is 0 Å². The molecule has 0 saturated heterocycles. The van der Waals surface area contributed by atoms with Gasteiger partial charge in [0.05, 0.1) is 5.69 Å². The monoisotopic (exact) mass is 269 g/mol. The van der Waals surface area contributed by atoms with Gasteiger partial charge in [-0.05, 0) is 42.9 Å². The highest BCUT2D eigenvalue weighted by Crippen LogP contribution is 2.36. The fourth-order valence-electron chi connectivity index (χ4n) is 2.92. The first-order valence-electron chi connectivity index (χ1n) is 7.45. The molecule has 2 aromatic rings. The van der Waals surface area contributed by atoms with Crippen molar-refractivity contribution in [3.8, 4) is 11.1 Å². The minimum Gasteiger partial charge on any atom is -0.383 e. The molecule has 0 unspecified atom stereocenters. The highest BCUT2D eigenvalue weighted by Gasteiger charge is 2.23. The molecule has 3 heteroatoms. The second-order valence-electron chi connectivity index (χ2n) is 6.13. The zero-order valence-electron chi connectivity index (χ0n) is 12.6. The Balaban J connectivity index is 2.03. The van der Waals surface area contributed by atoms with Crippen molar-refractivity contribution in [1.82, 2.24) is 9.78 Å². The van der Waals surface area contributed by atoms with Gasteiger partial charge in [0.25, 0.3) is 0 Å². The molecule has 0 radical (unpaired) electrons. The zero-order valence-corrected chi connectivity index (χ0v) is 12.6. The summed E-state index contributed by atoms with van der Waals surface area (Å²) < 4.78 is 1.82. The molecule has 0 aliphatic heterocycles. The van der Waals surface area contributed by atoms with E-state index in [1.807, 2.05) is 11.7 Å². The van der Waals surface area contributed by atoms with Crippen LogP contribution in [0.1, 0.15) is 36.1 Å². The maximum Gasteiger partial charge on any atom is 0.129 e. The molecule has 0 atom stereocenters. The van der Waals surface area contributed by atoms with Crippen molar-refractivity contribution in [2.45, 2.75) is 39.5 Å². The Labute approximate surface area is 120 Å². The first-order valence-corrected chi connectivity index (χ1v) is 7.45. The number of rotatable bonds is 3. The number of hydrogen-bond donors (Lipinski definition) is 1. The summed E-state index contributed by atoms with van der Waals surface area (Å²) in [5, 5.41) is 4.65. The molecule has 1 fully saturated rings. The molecule has 3 rings (SSSR count). The Morgan fingerprint density at radius 2 is 2.00 bits per heavy atom. The van der Waals surface area contributed by atoms with Crippen LogP contribution in [0.4, 0.5) is 5.82 Å². The van der Waals surface area contributed by atoms with E-state index in [2.05, 4.69) is 37.1 Å². The normalized spacial score (nSPS) is 15.3. The summed E-state index contributed by atoms with van der Waals surface area (Å²) in [5.41, 5.74) is 12.4. The fourth-order valence-corrected chi connectivity index (χ4v) is 2.92. The summed E-state index contributed by atoms with van der Waals surface area (Å²) in [6.07, 6.45) is 5.10. The smallest absolute Gasteiger partial charge is 0.129 e. The Morgan fingerprint density at radius 3 is 2.60 bits per heavy atom. The summed E-state index contributed by atoms with van der Waals surface area (Å²) in [6.45, 7) is 4.29. The molecule has 1 aromatic heterocycles. The molecule has 3 nitrogen and oxygen atoms in total. The number of nitrogen functional groups attached to an aromatic ring is 1. The molecular formula is C17H23N3. The predicted octanol–water partition coefficient (Wildman–Crippen LogP) is 3.63. The van der Waals surface area contributed by atoms with Gasteiger partial charge in [-0.2, -0.15) is 5.10 Å². The van der Waals surface area contributed by atoms with Crippen molar-refractivity contribution >= 4 is 5.82 Å². The molecule has 2 N–H and O–H groups in total. The third-order valence-corrected chi connectivity index (χ3v) is 4.67. The van der Waals surface area contributed by atoms with E-state index in [4.69, 9.17) is 5.73 Å². The SMILES string of the molecule is Cc1ccc(-c2c(CC3CCC3)nn(C)c2N)cc1C. The van der Waals surface area contributed by atoms with Gasteiger partial charge in [0.1, 0.15) is 5.82 Å². The number of nitrogens with two attached hydrogens (primary N) is 1. The van der Waals surface area contributed by atoms with Gasteiger partial charge in [-0.25, -0.2) is 0 Å². The maximum atomic E-state index is 6.26. The topological polar surface area (TPSA) is 43.8 Å². The first kappa shape index (κ1) is 13.2.